The molecular formula is C54H96N4O4. The second-order valence-electron chi connectivity index (χ2n) is 21.5. The van der Waals surface area contributed by atoms with Crippen molar-refractivity contribution >= 4 is 17.9 Å². The van der Waals surface area contributed by atoms with Crippen LogP contribution in [0.3, 0.4) is 0 Å². The number of carbonyl (C=O) groups is 3. The number of allylic oxidation sites excluding steroid dienone is 3. The molecule has 0 aromatic rings. The van der Waals surface area contributed by atoms with Gasteiger partial charge in [-0.1, -0.05) is 136 Å². The van der Waals surface area contributed by atoms with E-state index in [0.717, 1.165) is 80.5 Å². The predicted molar refractivity (Wildman–Crippen MR) is 259 cm³/mol. The lowest BCUT2D eigenvalue weighted by molar-refractivity contribution is -0.136. The number of nitrogens with zero attached hydrogens (tertiary/aromatic N) is 1. The molecule has 4 N–H and O–H groups in total. The zero-order valence-corrected chi connectivity index (χ0v) is 41.1. The zero-order valence-electron chi connectivity index (χ0n) is 41.1. The molecule has 4 rings (SSSR count). The summed E-state index contributed by atoms with van der Waals surface area (Å²) in [6, 6.07) is 0. The van der Waals surface area contributed by atoms with Crippen molar-refractivity contribution in [3.63, 3.8) is 0 Å². The van der Waals surface area contributed by atoms with Crippen LogP contribution in [0.2, 0.25) is 0 Å². The molecule has 8 heteroatoms. The summed E-state index contributed by atoms with van der Waals surface area (Å²) >= 11 is 0. The molecule has 8 nitrogen and oxygen atoms in total. The number of amides is 3. The predicted octanol–water partition coefficient (Wildman–Crippen LogP) is 12.8. The number of ether oxygens (including phenoxy) is 1. The highest BCUT2D eigenvalue weighted by atomic mass is 16.6. The van der Waals surface area contributed by atoms with E-state index in [0.29, 0.717) is 50.9 Å². The van der Waals surface area contributed by atoms with Crippen molar-refractivity contribution in [1.82, 2.24) is 15.5 Å². The van der Waals surface area contributed by atoms with Gasteiger partial charge in [-0.15, -0.1) is 0 Å². The molecule has 0 aliphatic heterocycles. The van der Waals surface area contributed by atoms with Crippen LogP contribution in [-0.4, -0.2) is 61.6 Å². The van der Waals surface area contributed by atoms with Gasteiger partial charge >= 0.3 is 6.09 Å². The Hall–Kier alpha value is -2.35. The standard InChI is InChI=1S/C54H96N4O4/c1-7-8-9-10-11-12-13-14-15-16-17-18-19-20-21-27-51(60)58(41-50(59)56-37-23-36-55)39-24-38-57-52(61)62-45-32-34-53(5)44(40-45)28-29-46-48-31-30-47(43(4)26-22-25-42(2)3)54(48,6)35-33-49(46)53/h14-15,28,42-43,45-49H,7-13,16-27,29-41,55H2,1-6H3,(H,56,59)(H,57,61)/b15-14-/t43-,45+,46+,47-,48+,49+,53+,54-/m1/s1. The second-order valence-corrected chi connectivity index (χ2v) is 21.5. The molecule has 0 spiro atoms. The van der Waals surface area contributed by atoms with Crippen molar-refractivity contribution in [1.29, 1.82) is 0 Å². The van der Waals surface area contributed by atoms with Crippen LogP contribution in [0.4, 0.5) is 4.79 Å². The Labute approximate surface area is 380 Å². The minimum Gasteiger partial charge on any atom is -0.446 e. The molecule has 3 saturated carbocycles. The van der Waals surface area contributed by atoms with E-state index in [-0.39, 0.29) is 36.0 Å². The van der Waals surface area contributed by atoms with Gasteiger partial charge in [-0.2, -0.15) is 0 Å². The van der Waals surface area contributed by atoms with Crippen molar-refractivity contribution in [3.05, 3.63) is 23.8 Å². The molecule has 0 saturated heterocycles. The first-order chi connectivity index (χ1) is 29.9. The van der Waals surface area contributed by atoms with Crippen LogP contribution in [0.25, 0.3) is 0 Å². The van der Waals surface area contributed by atoms with E-state index in [2.05, 4.69) is 70.4 Å². The number of rotatable bonds is 30. The van der Waals surface area contributed by atoms with E-state index < -0.39 is 0 Å². The van der Waals surface area contributed by atoms with E-state index >= 15 is 0 Å². The fourth-order valence-corrected chi connectivity index (χ4v) is 12.8. The number of hydrogen-bond acceptors (Lipinski definition) is 5. The van der Waals surface area contributed by atoms with E-state index in [1.165, 1.54) is 115 Å². The first-order valence-corrected chi connectivity index (χ1v) is 26.5. The first-order valence-electron chi connectivity index (χ1n) is 26.5. The average Bonchev–Trinajstić information content (AvgIpc) is 3.60. The quantitative estimate of drug-likeness (QED) is 0.0492. The highest BCUT2D eigenvalue weighted by molar-refractivity contribution is 5.84. The Bertz CT molecular complexity index is 1380. The van der Waals surface area contributed by atoms with E-state index in [1.54, 1.807) is 4.90 Å². The number of nitrogens with two attached hydrogens (primary N) is 1. The molecule has 4 aliphatic carbocycles. The maximum Gasteiger partial charge on any atom is 0.407 e. The van der Waals surface area contributed by atoms with Gasteiger partial charge in [0.2, 0.25) is 11.8 Å². The Balaban J connectivity index is 1.15. The fraction of sp³-hybridized carbons (Fsp3) is 0.870. The summed E-state index contributed by atoms with van der Waals surface area (Å²) in [6.45, 7) is 16.6. The molecule has 62 heavy (non-hydrogen) atoms. The van der Waals surface area contributed by atoms with Crippen LogP contribution < -0.4 is 16.4 Å². The van der Waals surface area contributed by atoms with Gasteiger partial charge < -0.3 is 26.0 Å². The molecule has 3 fully saturated rings. The average molecular weight is 865 g/mol. The molecule has 0 radical (unpaired) electrons. The molecule has 356 valence electrons. The molecule has 0 unspecified atom stereocenters. The number of alkyl carbamates (subject to hydrolysis) is 1. The van der Waals surface area contributed by atoms with Gasteiger partial charge in [0.25, 0.3) is 0 Å². The van der Waals surface area contributed by atoms with Crippen molar-refractivity contribution < 1.29 is 19.1 Å². The Morgan fingerprint density at radius 3 is 2.21 bits per heavy atom. The fourth-order valence-electron chi connectivity index (χ4n) is 12.8. The number of nitrogens with one attached hydrogen (secondary N) is 2. The summed E-state index contributed by atoms with van der Waals surface area (Å²) in [4.78, 5) is 40.8. The van der Waals surface area contributed by atoms with Gasteiger partial charge in [0.15, 0.2) is 0 Å². The molecule has 0 aromatic heterocycles. The molecule has 0 heterocycles. The summed E-state index contributed by atoms with van der Waals surface area (Å²) in [7, 11) is 0. The maximum absolute atomic E-state index is 13.3. The summed E-state index contributed by atoms with van der Waals surface area (Å²) in [6.07, 6.45) is 38.1. The number of unbranched alkanes of at least 4 members (excludes halogenated alkanes) is 11. The normalized spacial score (nSPS) is 27.3. The summed E-state index contributed by atoms with van der Waals surface area (Å²) < 4.78 is 6.06. The van der Waals surface area contributed by atoms with Crippen LogP contribution in [0.1, 0.15) is 215 Å². The van der Waals surface area contributed by atoms with Crippen LogP contribution in [0.5, 0.6) is 0 Å². The molecule has 8 atom stereocenters. The molecule has 4 aliphatic rings. The Kier molecular flexibility index (Phi) is 23.5. The van der Waals surface area contributed by atoms with Gasteiger partial charge in [0.05, 0.1) is 6.54 Å². The largest absolute Gasteiger partial charge is 0.446 e. The minimum absolute atomic E-state index is 0.00873. The van der Waals surface area contributed by atoms with E-state index in [1.807, 2.05) is 0 Å². The lowest BCUT2D eigenvalue weighted by Crippen LogP contribution is -2.51. The van der Waals surface area contributed by atoms with Gasteiger partial charge in [0, 0.05) is 32.5 Å². The van der Waals surface area contributed by atoms with Crippen molar-refractivity contribution in [3.8, 4) is 0 Å². The van der Waals surface area contributed by atoms with Crippen molar-refractivity contribution in [2.45, 2.75) is 221 Å². The summed E-state index contributed by atoms with van der Waals surface area (Å²) in [5.74, 6) is 4.74. The van der Waals surface area contributed by atoms with E-state index in [9.17, 15) is 14.4 Å². The van der Waals surface area contributed by atoms with Gasteiger partial charge in [-0.05, 0) is 143 Å². The highest BCUT2D eigenvalue weighted by Gasteiger charge is 2.59. The number of fused-ring (bicyclic) bond motifs is 5. The highest BCUT2D eigenvalue weighted by Crippen LogP contribution is 2.67. The Morgan fingerprint density at radius 2 is 1.50 bits per heavy atom. The van der Waals surface area contributed by atoms with E-state index in [4.69, 9.17) is 10.5 Å². The monoisotopic (exact) mass is 865 g/mol. The molecule has 0 bridgehead atoms. The first kappa shape index (κ1) is 52.3. The van der Waals surface area contributed by atoms with Gasteiger partial charge in [-0.3, -0.25) is 9.59 Å². The Morgan fingerprint density at radius 1 is 0.806 bits per heavy atom. The van der Waals surface area contributed by atoms with Crippen molar-refractivity contribution in [2.75, 3.05) is 32.7 Å². The van der Waals surface area contributed by atoms with Crippen LogP contribution >= 0.6 is 0 Å². The number of hydrogen-bond donors (Lipinski definition) is 3. The maximum atomic E-state index is 13.3. The van der Waals surface area contributed by atoms with Crippen LogP contribution in [0, 0.1) is 46.3 Å². The number of carbonyl (C=O) groups excluding carboxylic acids is 3. The third kappa shape index (κ3) is 16.3. The summed E-state index contributed by atoms with van der Waals surface area (Å²) in [5, 5.41) is 5.86. The van der Waals surface area contributed by atoms with Crippen molar-refractivity contribution in [2.24, 2.45) is 52.1 Å². The lowest BCUT2D eigenvalue weighted by Gasteiger charge is -2.58. The van der Waals surface area contributed by atoms with Gasteiger partial charge in [-0.25, -0.2) is 4.79 Å². The smallest absolute Gasteiger partial charge is 0.407 e. The molecular weight excluding hydrogens is 769 g/mol. The third-order valence-electron chi connectivity index (χ3n) is 16.5. The van der Waals surface area contributed by atoms with Crippen LogP contribution in [0.15, 0.2) is 23.8 Å². The van der Waals surface area contributed by atoms with Crippen LogP contribution in [-0.2, 0) is 14.3 Å². The SMILES string of the molecule is CCCCCCCC/C=C\CCCCCCCC(=O)N(CCCNC(=O)O[C@H]1CC[C@@]2(C)C(=CC[C@H]3[C@@H]4CC[C@H]([C@H](C)CCCC(C)C)[C@@]4(C)CC[C@@H]32)C1)CC(=O)NCCCN. The molecule has 3 amide bonds. The zero-order chi connectivity index (χ0) is 44.8. The topological polar surface area (TPSA) is 114 Å². The van der Waals surface area contributed by atoms with Gasteiger partial charge in [0.1, 0.15) is 6.10 Å². The lowest BCUT2D eigenvalue weighted by atomic mass is 9.47. The second kappa shape index (κ2) is 27.9. The molecule has 0 aromatic carbocycles. The minimum atomic E-state index is -0.369. The summed E-state index contributed by atoms with van der Waals surface area (Å²) in [5.41, 5.74) is 7.86. The third-order valence-corrected chi connectivity index (χ3v) is 16.5.